The molecule has 148 valence electrons. The van der Waals surface area contributed by atoms with Crippen molar-refractivity contribution in [3.8, 4) is 0 Å². The number of carbonyl (C=O) groups is 1. The largest absolute Gasteiger partial charge is 0.370 e. The topological polar surface area (TPSA) is 78.5 Å². The summed E-state index contributed by atoms with van der Waals surface area (Å²) < 4.78 is 26.6. The number of anilines is 2. The molecule has 0 atom stereocenters. The van der Waals surface area contributed by atoms with Crippen LogP contribution in [0.2, 0.25) is 5.02 Å². The number of amides is 1. The molecule has 1 fully saturated rings. The van der Waals surface area contributed by atoms with Crippen LogP contribution in [0.1, 0.15) is 23.2 Å². The van der Waals surface area contributed by atoms with Crippen molar-refractivity contribution in [3.05, 3.63) is 65.7 Å². The third-order valence-electron chi connectivity index (χ3n) is 4.50. The molecular formula is C20H22ClN3O3S. The van der Waals surface area contributed by atoms with Gasteiger partial charge >= 0.3 is 0 Å². The first-order valence-electron chi connectivity index (χ1n) is 8.97. The molecule has 0 aromatic heterocycles. The fourth-order valence-electron chi connectivity index (χ4n) is 3.07. The van der Waals surface area contributed by atoms with E-state index in [0.29, 0.717) is 16.3 Å². The van der Waals surface area contributed by atoms with Gasteiger partial charge in [-0.2, -0.15) is 0 Å². The fraction of sp³-hybridized carbons (Fsp3) is 0.250. The summed E-state index contributed by atoms with van der Waals surface area (Å²) in [6.45, 7) is 5.50. The summed E-state index contributed by atoms with van der Waals surface area (Å²) >= 11 is 6.12. The van der Waals surface area contributed by atoms with Gasteiger partial charge in [0, 0.05) is 30.2 Å². The van der Waals surface area contributed by atoms with Crippen LogP contribution in [0.4, 0.5) is 11.4 Å². The van der Waals surface area contributed by atoms with Crippen molar-refractivity contribution in [1.29, 1.82) is 0 Å². The van der Waals surface area contributed by atoms with E-state index in [1.54, 1.807) is 12.1 Å². The van der Waals surface area contributed by atoms with Crippen LogP contribution in [0.5, 0.6) is 0 Å². The number of hydrogen-bond acceptors (Lipinski definition) is 4. The van der Waals surface area contributed by atoms with E-state index in [9.17, 15) is 13.2 Å². The van der Waals surface area contributed by atoms with Crippen molar-refractivity contribution < 1.29 is 13.2 Å². The van der Waals surface area contributed by atoms with E-state index in [4.69, 9.17) is 11.6 Å². The molecule has 6 nitrogen and oxygen atoms in total. The molecule has 0 spiro atoms. The van der Waals surface area contributed by atoms with E-state index < -0.39 is 10.0 Å². The number of carbonyl (C=O) groups excluding carboxylic acids is 1. The highest BCUT2D eigenvalue weighted by molar-refractivity contribution is 7.89. The molecule has 0 unspecified atom stereocenters. The maximum atomic E-state index is 12.7. The van der Waals surface area contributed by atoms with Gasteiger partial charge in [0.1, 0.15) is 0 Å². The molecule has 1 amide bonds. The first kappa shape index (κ1) is 20.4. The Hall–Kier alpha value is -2.35. The maximum Gasteiger partial charge on any atom is 0.255 e. The Bertz CT molecular complexity index is 969. The SMILES string of the molecule is C=CCNS(=O)(=O)c1ccc(C(=O)Nc2cc(Cl)ccc2N2CCCC2)cc1. The highest BCUT2D eigenvalue weighted by atomic mass is 35.5. The summed E-state index contributed by atoms with van der Waals surface area (Å²) in [5.41, 5.74) is 1.93. The summed E-state index contributed by atoms with van der Waals surface area (Å²) in [6.07, 6.45) is 3.69. The van der Waals surface area contributed by atoms with Crippen LogP contribution in [-0.2, 0) is 10.0 Å². The van der Waals surface area contributed by atoms with Crippen LogP contribution in [0.25, 0.3) is 0 Å². The minimum absolute atomic E-state index is 0.0893. The predicted molar refractivity (Wildman–Crippen MR) is 113 cm³/mol. The summed E-state index contributed by atoms with van der Waals surface area (Å²) in [7, 11) is -3.62. The Morgan fingerprint density at radius 3 is 2.46 bits per heavy atom. The van der Waals surface area contributed by atoms with E-state index in [2.05, 4.69) is 21.5 Å². The normalized spacial score (nSPS) is 14.1. The van der Waals surface area contributed by atoms with Gasteiger partial charge in [0.05, 0.1) is 16.3 Å². The molecule has 2 N–H and O–H groups in total. The van der Waals surface area contributed by atoms with Crippen LogP contribution in [0, 0.1) is 0 Å². The average molecular weight is 420 g/mol. The zero-order valence-electron chi connectivity index (χ0n) is 15.3. The second kappa shape index (κ2) is 8.77. The number of nitrogens with zero attached hydrogens (tertiary/aromatic N) is 1. The van der Waals surface area contributed by atoms with Gasteiger partial charge in [0.15, 0.2) is 0 Å². The van der Waals surface area contributed by atoms with E-state index in [1.807, 2.05) is 6.07 Å². The van der Waals surface area contributed by atoms with Crippen LogP contribution < -0.4 is 14.9 Å². The van der Waals surface area contributed by atoms with Gasteiger partial charge in [-0.05, 0) is 55.3 Å². The van der Waals surface area contributed by atoms with Gasteiger partial charge in [0.2, 0.25) is 10.0 Å². The number of hydrogen-bond donors (Lipinski definition) is 2. The van der Waals surface area contributed by atoms with Crippen molar-refractivity contribution in [2.75, 3.05) is 29.9 Å². The Morgan fingerprint density at radius 1 is 1.14 bits per heavy atom. The maximum absolute atomic E-state index is 12.7. The number of halogens is 1. The molecule has 1 aliphatic heterocycles. The first-order chi connectivity index (χ1) is 13.4. The highest BCUT2D eigenvalue weighted by Gasteiger charge is 2.18. The predicted octanol–water partition coefficient (Wildman–Crippen LogP) is 3.66. The molecule has 0 bridgehead atoms. The zero-order chi connectivity index (χ0) is 20.1. The van der Waals surface area contributed by atoms with Gasteiger partial charge < -0.3 is 10.2 Å². The van der Waals surface area contributed by atoms with Crippen molar-refractivity contribution in [1.82, 2.24) is 4.72 Å². The van der Waals surface area contributed by atoms with Crippen LogP contribution in [0.3, 0.4) is 0 Å². The lowest BCUT2D eigenvalue weighted by molar-refractivity contribution is 0.102. The molecule has 3 rings (SSSR count). The van der Waals surface area contributed by atoms with Crippen molar-refractivity contribution in [2.24, 2.45) is 0 Å². The number of nitrogens with one attached hydrogen (secondary N) is 2. The highest BCUT2D eigenvalue weighted by Crippen LogP contribution is 2.32. The van der Waals surface area contributed by atoms with Gasteiger partial charge in [-0.1, -0.05) is 17.7 Å². The Kier molecular flexibility index (Phi) is 6.39. The van der Waals surface area contributed by atoms with Crippen LogP contribution >= 0.6 is 11.6 Å². The number of benzene rings is 2. The molecule has 1 heterocycles. The monoisotopic (exact) mass is 419 g/mol. The summed E-state index contributed by atoms with van der Waals surface area (Å²) in [5.74, 6) is -0.328. The Labute approximate surface area is 170 Å². The van der Waals surface area contributed by atoms with E-state index >= 15 is 0 Å². The Morgan fingerprint density at radius 2 is 1.82 bits per heavy atom. The summed E-state index contributed by atoms with van der Waals surface area (Å²) in [4.78, 5) is 15.0. The second-order valence-electron chi connectivity index (χ2n) is 6.47. The Balaban J connectivity index is 1.78. The molecule has 0 saturated carbocycles. The van der Waals surface area contributed by atoms with Crippen LogP contribution in [0.15, 0.2) is 60.0 Å². The third kappa shape index (κ3) is 4.73. The molecule has 2 aromatic rings. The molecule has 0 aliphatic carbocycles. The molecule has 2 aromatic carbocycles. The number of sulfonamides is 1. The zero-order valence-corrected chi connectivity index (χ0v) is 16.9. The fourth-order valence-corrected chi connectivity index (χ4v) is 4.24. The van der Waals surface area contributed by atoms with Crippen molar-refractivity contribution >= 4 is 38.9 Å². The van der Waals surface area contributed by atoms with Gasteiger partial charge in [-0.3, -0.25) is 4.79 Å². The minimum Gasteiger partial charge on any atom is -0.370 e. The van der Waals surface area contributed by atoms with Crippen molar-refractivity contribution in [3.63, 3.8) is 0 Å². The number of rotatable bonds is 7. The molecule has 1 saturated heterocycles. The smallest absolute Gasteiger partial charge is 0.255 e. The molecule has 0 radical (unpaired) electrons. The van der Waals surface area contributed by atoms with Crippen molar-refractivity contribution in [2.45, 2.75) is 17.7 Å². The molecule has 28 heavy (non-hydrogen) atoms. The lowest BCUT2D eigenvalue weighted by Crippen LogP contribution is -2.24. The van der Waals surface area contributed by atoms with Gasteiger partial charge in [0.25, 0.3) is 5.91 Å². The lowest BCUT2D eigenvalue weighted by Gasteiger charge is -2.22. The lowest BCUT2D eigenvalue weighted by atomic mass is 10.2. The quantitative estimate of drug-likeness (QED) is 0.671. The minimum atomic E-state index is -3.62. The van der Waals surface area contributed by atoms with Crippen LogP contribution in [-0.4, -0.2) is 34.0 Å². The van der Waals surface area contributed by atoms with Gasteiger partial charge in [-0.15, -0.1) is 6.58 Å². The first-order valence-corrected chi connectivity index (χ1v) is 10.8. The standard InChI is InChI=1S/C20H22ClN3O3S/c1-2-11-22-28(26,27)17-8-5-15(6-9-17)20(25)23-18-14-16(21)7-10-19(18)24-12-3-4-13-24/h2,5-10,14,22H,1,3-4,11-13H2,(H,23,25). The summed E-state index contributed by atoms with van der Waals surface area (Å²) in [5, 5.41) is 3.43. The van der Waals surface area contributed by atoms with Gasteiger partial charge in [-0.25, -0.2) is 13.1 Å². The van der Waals surface area contributed by atoms with E-state index in [1.165, 1.54) is 30.3 Å². The molecule has 1 aliphatic rings. The third-order valence-corrected chi connectivity index (χ3v) is 6.17. The average Bonchev–Trinajstić information content (AvgIpc) is 3.21. The summed E-state index contributed by atoms with van der Waals surface area (Å²) in [6, 6.07) is 11.2. The van der Waals surface area contributed by atoms with E-state index in [0.717, 1.165) is 31.6 Å². The second-order valence-corrected chi connectivity index (χ2v) is 8.68. The molecular weight excluding hydrogens is 398 g/mol. The molecule has 8 heteroatoms. The van der Waals surface area contributed by atoms with E-state index in [-0.39, 0.29) is 17.3 Å².